The van der Waals surface area contributed by atoms with Gasteiger partial charge in [0.1, 0.15) is 8.07 Å². The zero-order valence-electron chi connectivity index (χ0n) is 19.2. The van der Waals surface area contributed by atoms with Crippen LogP contribution in [0.3, 0.4) is 0 Å². The van der Waals surface area contributed by atoms with Crippen molar-refractivity contribution in [3.63, 3.8) is 0 Å². The van der Waals surface area contributed by atoms with Crippen LogP contribution in [-0.2, 0) is 9.53 Å². The molecule has 0 aliphatic rings. The first kappa shape index (κ1) is 23.9. The molecule has 0 aromatic heterocycles. The van der Waals surface area contributed by atoms with Gasteiger partial charge in [0.05, 0.1) is 12.5 Å². The Morgan fingerprint density at radius 2 is 1.50 bits per heavy atom. The van der Waals surface area contributed by atoms with Crippen LogP contribution in [-0.4, -0.2) is 20.7 Å². The van der Waals surface area contributed by atoms with Gasteiger partial charge in [-0.15, -0.1) is 0 Å². The number of allylic oxidation sites excluding steroid dienone is 4. The van der Waals surface area contributed by atoms with Crippen LogP contribution in [0.15, 0.2) is 84.0 Å². The molecule has 3 heteroatoms. The Hall–Kier alpha value is -2.39. The quantitative estimate of drug-likeness (QED) is 0.278. The lowest BCUT2D eigenvalue weighted by Crippen LogP contribution is -2.59. The highest BCUT2D eigenvalue weighted by Crippen LogP contribution is 2.29. The minimum atomic E-state index is -2.26. The van der Waals surface area contributed by atoms with Crippen LogP contribution >= 0.6 is 0 Å². The molecule has 0 heterocycles. The monoisotopic (exact) mass is 420 g/mol. The third-order valence-corrected chi connectivity index (χ3v) is 11.0. The van der Waals surface area contributed by atoms with Crippen LogP contribution in [0.5, 0.6) is 0 Å². The highest BCUT2D eigenvalue weighted by molar-refractivity contribution is 7.02. The first-order valence-corrected chi connectivity index (χ1v) is 13.4. The maximum Gasteiger partial charge on any atom is 0.308 e. The van der Waals surface area contributed by atoms with Gasteiger partial charge in [-0.1, -0.05) is 94.3 Å². The molecule has 0 saturated carbocycles. The Bertz CT molecular complexity index is 809. The van der Waals surface area contributed by atoms with E-state index in [0.29, 0.717) is 6.61 Å². The van der Waals surface area contributed by atoms with Gasteiger partial charge in [0, 0.05) is 0 Å². The van der Waals surface area contributed by atoms with E-state index in [1.165, 1.54) is 21.5 Å². The molecule has 2 nitrogen and oxygen atoms in total. The molecular weight excluding hydrogens is 384 g/mol. The largest absolute Gasteiger partial charge is 0.466 e. The van der Waals surface area contributed by atoms with Crippen LogP contribution in [0, 0.1) is 5.92 Å². The molecular formula is C27H36O2Si. The van der Waals surface area contributed by atoms with Crippen molar-refractivity contribution < 1.29 is 9.53 Å². The van der Waals surface area contributed by atoms with E-state index in [1.807, 2.05) is 6.92 Å². The van der Waals surface area contributed by atoms with E-state index < -0.39 is 8.07 Å². The summed E-state index contributed by atoms with van der Waals surface area (Å²) in [5.74, 6) is -0.214. The van der Waals surface area contributed by atoms with Crippen LogP contribution in [0.25, 0.3) is 0 Å². The van der Waals surface area contributed by atoms with Gasteiger partial charge in [0.25, 0.3) is 0 Å². The summed E-state index contributed by atoms with van der Waals surface area (Å²) in [7, 11) is -2.26. The number of rotatable bonds is 10. The molecule has 160 valence electrons. The summed E-state index contributed by atoms with van der Waals surface area (Å²) in [4.78, 5) is 13.0. The van der Waals surface area contributed by atoms with Crippen molar-refractivity contribution in [1.82, 2.24) is 0 Å². The van der Waals surface area contributed by atoms with Crippen molar-refractivity contribution in [2.24, 2.45) is 5.92 Å². The Kier molecular flexibility index (Phi) is 9.32. The van der Waals surface area contributed by atoms with Crippen molar-refractivity contribution in [1.29, 1.82) is 0 Å². The molecule has 0 spiro atoms. The lowest BCUT2D eigenvalue weighted by Gasteiger charge is -2.36. The smallest absolute Gasteiger partial charge is 0.308 e. The number of hydrogen-bond donors (Lipinski definition) is 0. The summed E-state index contributed by atoms with van der Waals surface area (Å²) < 4.78 is 5.52. The van der Waals surface area contributed by atoms with Gasteiger partial charge in [0.2, 0.25) is 0 Å². The fourth-order valence-corrected chi connectivity index (χ4v) is 9.44. The molecule has 0 aliphatic carbocycles. The zero-order chi connectivity index (χ0) is 22.0. The molecule has 1 atom stereocenters. The molecule has 0 aliphatic heterocycles. The van der Waals surface area contributed by atoms with Crippen molar-refractivity contribution in [2.45, 2.75) is 53.1 Å². The van der Waals surface area contributed by atoms with E-state index >= 15 is 0 Å². The van der Waals surface area contributed by atoms with Gasteiger partial charge in [-0.05, 0) is 53.1 Å². The fraction of sp³-hybridized carbons (Fsp3) is 0.370. The molecule has 0 N–H and O–H groups in total. The molecule has 0 saturated heterocycles. The SMILES string of the molecule is C/C=C(/C)C[Si](CC(CC=C(C)C)C(=O)OCC)(c1ccccc1)c1ccccc1. The lowest BCUT2D eigenvalue weighted by molar-refractivity contribution is -0.147. The minimum absolute atomic E-state index is 0.0723. The molecule has 1 unspecified atom stereocenters. The van der Waals surface area contributed by atoms with E-state index in [9.17, 15) is 4.79 Å². The second-order valence-corrected chi connectivity index (χ2v) is 12.4. The Balaban J connectivity index is 2.65. The van der Waals surface area contributed by atoms with Crippen molar-refractivity contribution in [2.75, 3.05) is 6.61 Å². The number of benzene rings is 2. The highest BCUT2D eigenvalue weighted by atomic mass is 28.3. The van der Waals surface area contributed by atoms with Crippen LogP contribution in [0.2, 0.25) is 12.1 Å². The van der Waals surface area contributed by atoms with E-state index in [2.05, 4.69) is 101 Å². The third-order valence-electron chi connectivity index (χ3n) is 5.75. The number of ether oxygens (including phenoxy) is 1. The van der Waals surface area contributed by atoms with Crippen molar-refractivity contribution >= 4 is 24.4 Å². The summed E-state index contributed by atoms with van der Waals surface area (Å²) in [5.41, 5.74) is 2.61. The fourth-order valence-electron chi connectivity index (χ4n) is 4.09. The molecule has 2 aromatic carbocycles. The number of esters is 1. The first-order valence-electron chi connectivity index (χ1n) is 11.0. The Morgan fingerprint density at radius 3 is 1.93 bits per heavy atom. The molecule has 0 bridgehead atoms. The maximum absolute atomic E-state index is 13.0. The highest BCUT2D eigenvalue weighted by Gasteiger charge is 2.41. The average Bonchev–Trinajstić information content (AvgIpc) is 2.76. The second-order valence-electron chi connectivity index (χ2n) is 8.30. The minimum Gasteiger partial charge on any atom is -0.466 e. The van der Waals surface area contributed by atoms with E-state index in [-0.39, 0.29) is 11.9 Å². The second kappa shape index (κ2) is 11.7. The van der Waals surface area contributed by atoms with Gasteiger partial charge in [-0.25, -0.2) is 0 Å². The van der Waals surface area contributed by atoms with E-state index in [4.69, 9.17) is 4.74 Å². The number of carbonyl (C=O) groups is 1. The summed E-state index contributed by atoms with van der Waals surface area (Å²) in [6.07, 6.45) is 5.12. The zero-order valence-corrected chi connectivity index (χ0v) is 20.2. The Morgan fingerprint density at radius 1 is 0.967 bits per heavy atom. The third kappa shape index (κ3) is 6.30. The lowest BCUT2D eigenvalue weighted by atomic mass is 10.1. The summed E-state index contributed by atoms with van der Waals surface area (Å²) in [6, 6.07) is 23.5. The molecule has 30 heavy (non-hydrogen) atoms. The Labute approximate surface area is 183 Å². The predicted molar refractivity (Wildman–Crippen MR) is 131 cm³/mol. The van der Waals surface area contributed by atoms with Gasteiger partial charge < -0.3 is 4.74 Å². The molecule has 0 amide bonds. The van der Waals surface area contributed by atoms with Gasteiger partial charge in [-0.2, -0.15) is 0 Å². The standard InChI is InChI=1S/C27H36O2Si/c1-6-23(5)20-30(25-14-10-8-11-15-25,26-16-12-9-13-17-26)21-24(19-18-22(3)4)27(28)29-7-2/h6,8-18,24H,7,19-21H2,1-5H3/b23-6-. The van der Waals surface area contributed by atoms with Gasteiger partial charge in [0.15, 0.2) is 0 Å². The summed E-state index contributed by atoms with van der Waals surface area (Å²) >= 11 is 0. The van der Waals surface area contributed by atoms with Crippen molar-refractivity contribution in [3.8, 4) is 0 Å². The number of carbonyl (C=O) groups excluding carboxylic acids is 1. The first-order chi connectivity index (χ1) is 14.4. The topological polar surface area (TPSA) is 26.3 Å². The number of hydrogen-bond acceptors (Lipinski definition) is 2. The molecule has 2 rings (SSSR count). The van der Waals surface area contributed by atoms with Crippen LogP contribution in [0.1, 0.15) is 41.0 Å². The maximum atomic E-state index is 13.0. The van der Waals surface area contributed by atoms with E-state index in [1.54, 1.807) is 0 Å². The van der Waals surface area contributed by atoms with E-state index in [0.717, 1.165) is 18.5 Å². The normalized spacial score (nSPS) is 12.9. The average molecular weight is 421 g/mol. The predicted octanol–water partition coefficient (Wildman–Crippen LogP) is 5.75. The summed E-state index contributed by atoms with van der Waals surface area (Å²) in [5, 5.41) is 2.76. The van der Waals surface area contributed by atoms with Crippen LogP contribution < -0.4 is 10.4 Å². The summed E-state index contributed by atoms with van der Waals surface area (Å²) in [6.45, 7) is 10.8. The van der Waals surface area contributed by atoms with Gasteiger partial charge in [-0.3, -0.25) is 4.79 Å². The van der Waals surface area contributed by atoms with Gasteiger partial charge >= 0.3 is 5.97 Å². The molecule has 0 radical (unpaired) electrons. The molecule has 2 aromatic rings. The van der Waals surface area contributed by atoms with Crippen molar-refractivity contribution in [3.05, 3.63) is 84.0 Å². The molecule has 0 fully saturated rings. The van der Waals surface area contributed by atoms with Crippen LogP contribution in [0.4, 0.5) is 0 Å².